The fraction of sp³-hybridized carbons (Fsp3) is 0.0556. The predicted molar refractivity (Wildman–Crippen MR) is 85.3 cm³/mol. The number of hydrogen-bond donors (Lipinski definition) is 0. The average molecular weight is 278 g/mol. The van der Waals surface area contributed by atoms with Crippen LogP contribution in [0.3, 0.4) is 0 Å². The van der Waals surface area contributed by atoms with E-state index in [0.29, 0.717) is 6.54 Å². The van der Waals surface area contributed by atoms with Crippen molar-refractivity contribution in [3.63, 3.8) is 0 Å². The minimum absolute atomic E-state index is 0.231. The number of imidazole rings is 1. The summed E-state index contributed by atoms with van der Waals surface area (Å²) >= 11 is 0. The van der Waals surface area contributed by atoms with Crippen molar-refractivity contribution in [1.29, 1.82) is 0 Å². The lowest BCUT2D eigenvalue weighted by Crippen LogP contribution is -1.97. The van der Waals surface area contributed by atoms with Gasteiger partial charge in [0.2, 0.25) is 0 Å². The molecule has 0 N–H and O–H groups in total. The SMILES string of the molecule is C=CCn1c(/C=C/c2ccc(F)cc2)nc2ccccc21. The molecule has 0 unspecified atom stereocenters. The van der Waals surface area contributed by atoms with Crippen LogP contribution in [0.15, 0.2) is 61.2 Å². The Labute approximate surface area is 122 Å². The molecular weight excluding hydrogens is 263 g/mol. The van der Waals surface area contributed by atoms with Crippen molar-refractivity contribution in [2.24, 2.45) is 0 Å². The van der Waals surface area contributed by atoms with Gasteiger partial charge in [0, 0.05) is 6.54 Å². The van der Waals surface area contributed by atoms with Gasteiger partial charge in [-0.05, 0) is 35.9 Å². The van der Waals surface area contributed by atoms with Crippen LogP contribution in [0.4, 0.5) is 4.39 Å². The summed E-state index contributed by atoms with van der Waals surface area (Å²) in [4.78, 5) is 4.62. The maximum Gasteiger partial charge on any atom is 0.134 e. The first-order valence-electron chi connectivity index (χ1n) is 6.78. The number of rotatable bonds is 4. The fourth-order valence-electron chi connectivity index (χ4n) is 2.29. The molecule has 0 bridgehead atoms. The average Bonchev–Trinajstić information content (AvgIpc) is 2.85. The van der Waals surface area contributed by atoms with Crippen molar-refractivity contribution in [2.75, 3.05) is 0 Å². The third-order valence-electron chi connectivity index (χ3n) is 3.29. The Morgan fingerprint density at radius 3 is 2.57 bits per heavy atom. The molecule has 0 aliphatic carbocycles. The minimum Gasteiger partial charge on any atom is -0.321 e. The summed E-state index contributed by atoms with van der Waals surface area (Å²) < 4.78 is 15.0. The van der Waals surface area contributed by atoms with Gasteiger partial charge in [0.25, 0.3) is 0 Å². The van der Waals surface area contributed by atoms with Crippen LogP contribution >= 0.6 is 0 Å². The molecule has 2 nitrogen and oxygen atoms in total. The second-order valence-electron chi connectivity index (χ2n) is 4.74. The molecular formula is C18H15FN2. The highest BCUT2D eigenvalue weighted by Gasteiger charge is 2.06. The molecule has 0 saturated heterocycles. The molecule has 3 heteroatoms. The van der Waals surface area contributed by atoms with E-state index >= 15 is 0 Å². The molecule has 21 heavy (non-hydrogen) atoms. The minimum atomic E-state index is -0.231. The summed E-state index contributed by atoms with van der Waals surface area (Å²) in [6.45, 7) is 4.50. The van der Waals surface area contributed by atoms with Gasteiger partial charge in [0.1, 0.15) is 11.6 Å². The molecule has 0 aliphatic heterocycles. The normalized spacial score (nSPS) is 11.3. The summed E-state index contributed by atoms with van der Waals surface area (Å²) in [6, 6.07) is 14.4. The Bertz CT molecular complexity index is 798. The molecule has 3 aromatic rings. The molecule has 0 radical (unpaired) electrons. The standard InChI is InChI=1S/C18H15FN2/c1-2-13-21-17-6-4-3-5-16(17)20-18(21)12-9-14-7-10-15(19)11-8-14/h2-12H,1,13H2/b12-9+. The fourth-order valence-corrected chi connectivity index (χ4v) is 2.29. The highest BCUT2D eigenvalue weighted by Crippen LogP contribution is 2.18. The first-order chi connectivity index (χ1) is 10.3. The van der Waals surface area contributed by atoms with Crippen molar-refractivity contribution < 1.29 is 4.39 Å². The van der Waals surface area contributed by atoms with E-state index in [2.05, 4.69) is 16.1 Å². The lowest BCUT2D eigenvalue weighted by atomic mass is 10.2. The van der Waals surface area contributed by atoms with Gasteiger partial charge in [-0.25, -0.2) is 9.37 Å². The van der Waals surface area contributed by atoms with Crippen molar-refractivity contribution in [2.45, 2.75) is 6.54 Å². The van der Waals surface area contributed by atoms with E-state index in [1.54, 1.807) is 12.1 Å². The number of para-hydroxylation sites is 2. The third-order valence-corrected chi connectivity index (χ3v) is 3.29. The Morgan fingerprint density at radius 1 is 1.05 bits per heavy atom. The van der Waals surface area contributed by atoms with Crippen LogP contribution in [-0.2, 0) is 6.54 Å². The second-order valence-corrected chi connectivity index (χ2v) is 4.74. The molecule has 0 aliphatic rings. The Kier molecular flexibility index (Phi) is 3.65. The highest BCUT2D eigenvalue weighted by atomic mass is 19.1. The number of allylic oxidation sites excluding steroid dienone is 1. The molecule has 0 amide bonds. The van der Waals surface area contributed by atoms with E-state index in [-0.39, 0.29) is 5.82 Å². The van der Waals surface area contributed by atoms with Crippen LogP contribution in [0.5, 0.6) is 0 Å². The third kappa shape index (κ3) is 2.77. The van der Waals surface area contributed by atoms with Crippen LogP contribution in [-0.4, -0.2) is 9.55 Å². The zero-order valence-corrected chi connectivity index (χ0v) is 11.5. The molecule has 0 saturated carbocycles. The molecule has 2 aromatic carbocycles. The van der Waals surface area contributed by atoms with Crippen LogP contribution < -0.4 is 0 Å². The lowest BCUT2D eigenvalue weighted by molar-refractivity contribution is 0.628. The van der Waals surface area contributed by atoms with Crippen LogP contribution in [0, 0.1) is 5.82 Å². The Hall–Kier alpha value is -2.68. The maximum absolute atomic E-state index is 12.9. The number of aromatic nitrogens is 2. The molecule has 0 fully saturated rings. The zero-order valence-electron chi connectivity index (χ0n) is 11.5. The van der Waals surface area contributed by atoms with Gasteiger partial charge in [0.05, 0.1) is 11.0 Å². The number of fused-ring (bicyclic) bond motifs is 1. The van der Waals surface area contributed by atoms with E-state index in [9.17, 15) is 4.39 Å². The summed E-state index contributed by atoms with van der Waals surface area (Å²) in [5.74, 6) is 0.631. The van der Waals surface area contributed by atoms with Gasteiger partial charge < -0.3 is 4.57 Å². The van der Waals surface area contributed by atoms with E-state index in [0.717, 1.165) is 22.4 Å². The topological polar surface area (TPSA) is 17.8 Å². The first kappa shape index (κ1) is 13.3. The summed E-state index contributed by atoms with van der Waals surface area (Å²) in [6.07, 6.45) is 5.72. The first-order valence-corrected chi connectivity index (χ1v) is 6.78. The number of halogens is 1. The maximum atomic E-state index is 12.9. The van der Waals surface area contributed by atoms with Crippen molar-refractivity contribution in [1.82, 2.24) is 9.55 Å². The second kappa shape index (κ2) is 5.75. The van der Waals surface area contributed by atoms with Gasteiger partial charge in [-0.1, -0.05) is 36.4 Å². The smallest absolute Gasteiger partial charge is 0.134 e. The van der Waals surface area contributed by atoms with Gasteiger partial charge in [0.15, 0.2) is 0 Å². The van der Waals surface area contributed by atoms with Crippen molar-refractivity contribution in [3.8, 4) is 0 Å². The summed E-state index contributed by atoms with van der Waals surface area (Å²) in [5.41, 5.74) is 2.97. The molecule has 104 valence electrons. The Balaban J connectivity index is 2.01. The predicted octanol–water partition coefficient (Wildman–Crippen LogP) is 4.53. The quantitative estimate of drug-likeness (QED) is 0.641. The van der Waals surface area contributed by atoms with Crippen molar-refractivity contribution >= 4 is 23.2 Å². The van der Waals surface area contributed by atoms with Crippen molar-refractivity contribution in [3.05, 3.63) is 78.4 Å². The number of benzene rings is 2. The molecule has 1 aromatic heterocycles. The van der Waals surface area contributed by atoms with Gasteiger partial charge in [-0.15, -0.1) is 6.58 Å². The lowest BCUT2D eigenvalue weighted by Gasteiger charge is -2.02. The van der Waals surface area contributed by atoms with E-state index in [1.165, 1.54) is 12.1 Å². The van der Waals surface area contributed by atoms with Gasteiger partial charge in [-0.2, -0.15) is 0 Å². The molecule has 0 spiro atoms. The van der Waals surface area contributed by atoms with Crippen LogP contribution in [0.1, 0.15) is 11.4 Å². The van der Waals surface area contributed by atoms with E-state index in [1.807, 2.05) is 42.5 Å². The van der Waals surface area contributed by atoms with Gasteiger partial charge in [-0.3, -0.25) is 0 Å². The van der Waals surface area contributed by atoms with Crippen LogP contribution in [0.2, 0.25) is 0 Å². The zero-order chi connectivity index (χ0) is 14.7. The largest absolute Gasteiger partial charge is 0.321 e. The highest BCUT2D eigenvalue weighted by molar-refractivity contribution is 5.79. The van der Waals surface area contributed by atoms with E-state index < -0.39 is 0 Å². The summed E-state index contributed by atoms with van der Waals surface area (Å²) in [5, 5.41) is 0. The van der Waals surface area contributed by atoms with E-state index in [4.69, 9.17) is 0 Å². The monoisotopic (exact) mass is 278 g/mol. The molecule has 1 heterocycles. The summed E-state index contributed by atoms with van der Waals surface area (Å²) in [7, 11) is 0. The Morgan fingerprint density at radius 2 is 1.81 bits per heavy atom. The number of nitrogens with zero attached hydrogens (tertiary/aromatic N) is 2. The number of hydrogen-bond acceptors (Lipinski definition) is 1. The van der Waals surface area contributed by atoms with Gasteiger partial charge >= 0.3 is 0 Å². The molecule has 3 rings (SSSR count). The molecule has 0 atom stereocenters. The van der Waals surface area contributed by atoms with Crippen LogP contribution in [0.25, 0.3) is 23.2 Å².